The van der Waals surface area contributed by atoms with Crippen LogP contribution in [0, 0.1) is 5.92 Å². The Kier molecular flexibility index (Phi) is 5.45. The Hall–Kier alpha value is -1.06. The quantitative estimate of drug-likeness (QED) is 0.662. The average molecular weight is 236 g/mol. The Bertz CT molecular complexity index is 350. The van der Waals surface area contributed by atoms with Gasteiger partial charge in [-0.1, -0.05) is 32.9 Å². The summed E-state index contributed by atoms with van der Waals surface area (Å²) in [7, 11) is 0. The molecule has 3 heteroatoms. The van der Waals surface area contributed by atoms with Gasteiger partial charge in [0.1, 0.15) is 0 Å². The van der Waals surface area contributed by atoms with Gasteiger partial charge in [-0.2, -0.15) is 0 Å². The van der Waals surface area contributed by atoms with Gasteiger partial charge in [-0.25, -0.2) is 0 Å². The summed E-state index contributed by atoms with van der Waals surface area (Å²) in [6.45, 7) is 7.25. The zero-order valence-corrected chi connectivity index (χ0v) is 11.0. The van der Waals surface area contributed by atoms with Gasteiger partial charge in [-0.3, -0.25) is 0 Å². The van der Waals surface area contributed by atoms with Gasteiger partial charge in [0.2, 0.25) is 0 Å². The maximum absolute atomic E-state index is 9.27. The van der Waals surface area contributed by atoms with E-state index in [1.54, 1.807) is 0 Å². The van der Waals surface area contributed by atoms with Crippen LogP contribution in [0.2, 0.25) is 0 Å². The van der Waals surface area contributed by atoms with Crippen LogP contribution >= 0.6 is 0 Å². The first-order valence-corrected chi connectivity index (χ1v) is 6.30. The minimum atomic E-state index is 0.140. The third kappa shape index (κ3) is 3.72. The molecule has 0 aromatic heterocycles. The number of benzene rings is 1. The minimum Gasteiger partial charge on any atom is -0.398 e. The number of hydrogen-bond donors (Lipinski definition) is 3. The second-order valence-corrected chi connectivity index (χ2v) is 4.75. The highest BCUT2D eigenvalue weighted by atomic mass is 16.3. The lowest BCUT2D eigenvalue weighted by Crippen LogP contribution is -2.36. The molecule has 1 unspecified atom stereocenters. The van der Waals surface area contributed by atoms with Crippen LogP contribution in [0.1, 0.15) is 31.9 Å². The fraction of sp³-hybridized carbons (Fsp3) is 0.571. The lowest BCUT2D eigenvalue weighted by atomic mass is 10.0. The summed E-state index contributed by atoms with van der Waals surface area (Å²) in [5, 5.41) is 12.6. The number of anilines is 1. The third-order valence-corrected chi connectivity index (χ3v) is 3.22. The predicted octanol–water partition coefficient (Wildman–Crippen LogP) is 1.94. The van der Waals surface area contributed by atoms with Crippen LogP contribution in [-0.4, -0.2) is 17.8 Å². The van der Waals surface area contributed by atoms with Crippen molar-refractivity contribution in [1.82, 2.24) is 5.32 Å². The Morgan fingerprint density at radius 2 is 2.06 bits per heavy atom. The molecular formula is C14H24N2O. The molecule has 0 aliphatic carbocycles. The molecule has 4 N–H and O–H groups in total. The van der Waals surface area contributed by atoms with Gasteiger partial charge < -0.3 is 16.2 Å². The summed E-state index contributed by atoms with van der Waals surface area (Å²) >= 11 is 0. The summed E-state index contributed by atoms with van der Waals surface area (Å²) in [6.07, 6.45) is 0.940. The monoisotopic (exact) mass is 236 g/mol. The fourth-order valence-electron chi connectivity index (χ4n) is 2.00. The first-order valence-electron chi connectivity index (χ1n) is 6.30. The molecule has 0 aliphatic heterocycles. The molecule has 0 saturated carbocycles. The van der Waals surface area contributed by atoms with Gasteiger partial charge in [0.25, 0.3) is 0 Å². The summed E-state index contributed by atoms with van der Waals surface area (Å²) in [6, 6.07) is 6.15. The Morgan fingerprint density at radius 3 is 2.59 bits per heavy atom. The second-order valence-electron chi connectivity index (χ2n) is 4.75. The number of nitrogens with one attached hydrogen (secondary N) is 1. The fourth-order valence-corrected chi connectivity index (χ4v) is 2.00. The van der Waals surface area contributed by atoms with E-state index in [4.69, 9.17) is 5.73 Å². The zero-order valence-electron chi connectivity index (χ0n) is 11.0. The van der Waals surface area contributed by atoms with E-state index >= 15 is 0 Å². The normalized spacial score (nSPS) is 13.0. The van der Waals surface area contributed by atoms with E-state index in [0.717, 1.165) is 18.7 Å². The molecule has 0 bridgehead atoms. The first-order chi connectivity index (χ1) is 8.10. The molecule has 1 aromatic rings. The molecule has 17 heavy (non-hydrogen) atoms. The standard InChI is InChI=1S/C14H24N2O/c1-4-12-11(6-5-7-13(12)15)8-16-14(9-17)10(2)3/h5-7,10,14,16-17H,4,8-9,15H2,1-3H3. The molecule has 1 atom stereocenters. The number of nitrogens with two attached hydrogens (primary N) is 1. The summed E-state index contributed by atoms with van der Waals surface area (Å²) in [5.74, 6) is 0.422. The van der Waals surface area contributed by atoms with E-state index in [0.29, 0.717) is 5.92 Å². The average Bonchev–Trinajstić information content (AvgIpc) is 2.29. The van der Waals surface area contributed by atoms with Crippen molar-refractivity contribution in [3.8, 4) is 0 Å². The SMILES string of the molecule is CCc1c(N)cccc1CNC(CO)C(C)C. The Labute approximate surface area is 104 Å². The van der Waals surface area contributed by atoms with E-state index in [-0.39, 0.29) is 12.6 Å². The van der Waals surface area contributed by atoms with Crippen LogP contribution in [-0.2, 0) is 13.0 Å². The number of aliphatic hydroxyl groups is 1. The summed E-state index contributed by atoms with van der Waals surface area (Å²) in [5.41, 5.74) is 9.25. The second kappa shape index (κ2) is 6.62. The highest BCUT2D eigenvalue weighted by Gasteiger charge is 2.12. The number of rotatable bonds is 6. The van der Waals surface area contributed by atoms with E-state index in [2.05, 4.69) is 32.2 Å². The molecule has 96 valence electrons. The lowest BCUT2D eigenvalue weighted by Gasteiger charge is -2.21. The maximum Gasteiger partial charge on any atom is 0.0587 e. The van der Waals surface area contributed by atoms with Crippen LogP contribution in [0.5, 0.6) is 0 Å². The van der Waals surface area contributed by atoms with Crippen LogP contribution < -0.4 is 11.1 Å². The van der Waals surface area contributed by atoms with Gasteiger partial charge in [-0.05, 0) is 29.5 Å². The summed E-state index contributed by atoms with van der Waals surface area (Å²) < 4.78 is 0. The van der Waals surface area contributed by atoms with Gasteiger partial charge in [0, 0.05) is 18.3 Å². The van der Waals surface area contributed by atoms with Crippen LogP contribution in [0.15, 0.2) is 18.2 Å². The van der Waals surface area contributed by atoms with Crippen molar-refractivity contribution in [2.75, 3.05) is 12.3 Å². The minimum absolute atomic E-state index is 0.140. The van der Waals surface area contributed by atoms with Gasteiger partial charge in [-0.15, -0.1) is 0 Å². The molecule has 1 rings (SSSR count). The topological polar surface area (TPSA) is 58.3 Å². The smallest absolute Gasteiger partial charge is 0.0587 e. The van der Waals surface area contributed by atoms with Crippen molar-refractivity contribution in [2.45, 2.75) is 39.8 Å². The van der Waals surface area contributed by atoms with Crippen molar-refractivity contribution in [3.63, 3.8) is 0 Å². The molecule has 1 aromatic carbocycles. The molecule has 0 fully saturated rings. The van der Waals surface area contributed by atoms with Crippen molar-refractivity contribution < 1.29 is 5.11 Å². The molecule has 0 saturated heterocycles. The Balaban J connectivity index is 2.71. The number of nitrogen functional groups attached to an aromatic ring is 1. The highest BCUT2D eigenvalue weighted by molar-refractivity contribution is 5.50. The van der Waals surface area contributed by atoms with Crippen molar-refractivity contribution in [3.05, 3.63) is 29.3 Å². The third-order valence-electron chi connectivity index (χ3n) is 3.22. The molecule has 3 nitrogen and oxygen atoms in total. The van der Waals surface area contributed by atoms with Crippen LogP contribution in [0.25, 0.3) is 0 Å². The van der Waals surface area contributed by atoms with E-state index in [1.165, 1.54) is 11.1 Å². The molecule has 0 spiro atoms. The van der Waals surface area contributed by atoms with Crippen molar-refractivity contribution in [2.24, 2.45) is 5.92 Å². The van der Waals surface area contributed by atoms with Crippen LogP contribution in [0.3, 0.4) is 0 Å². The number of aliphatic hydroxyl groups excluding tert-OH is 1. The molecule has 0 radical (unpaired) electrons. The number of hydrogen-bond acceptors (Lipinski definition) is 3. The van der Waals surface area contributed by atoms with E-state index in [1.807, 2.05) is 12.1 Å². The predicted molar refractivity (Wildman–Crippen MR) is 72.8 cm³/mol. The van der Waals surface area contributed by atoms with Crippen molar-refractivity contribution >= 4 is 5.69 Å². The maximum atomic E-state index is 9.27. The van der Waals surface area contributed by atoms with Gasteiger partial charge in [0.15, 0.2) is 0 Å². The highest BCUT2D eigenvalue weighted by Crippen LogP contribution is 2.18. The largest absolute Gasteiger partial charge is 0.398 e. The van der Waals surface area contributed by atoms with E-state index in [9.17, 15) is 5.11 Å². The molecule has 0 aliphatic rings. The van der Waals surface area contributed by atoms with Gasteiger partial charge in [0.05, 0.1) is 6.61 Å². The van der Waals surface area contributed by atoms with E-state index < -0.39 is 0 Å². The summed E-state index contributed by atoms with van der Waals surface area (Å²) in [4.78, 5) is 0. The zero-order chi connectivity index (χ0) is 12.8. The van der Waals surface area contributed by atoms with Crippen LogP contribution in [0.4, 0.5) is 5.69 Å². The molecule has 0 heterocycles. The molecular weight excluding hydrogens is 212 g/mol. The molecule has 0 amide bonds. The lowest BCUT2D eigenvalue weighted by molar-refractivity contribution is 0.210. The van der Waals surface area contributed by atoms with Gasteiger partial charge >= 0.3 is 0 Å². The van der Waals surface area contributed by atoms with Crippen molar-refractivity contribution in [1.29, 1.82) is 0 Å². The Morgan fingerprint density at radius 1 is 1.35 bits per heavy atom. The first kappa shape index (κ1) is 14.0.